The molecule has 3 N–H and O–H groups in total. The predicted molar refractivity (Wildman–Crippen MR) is 45.7 cm³/mol. The highest BCUT2D eigenvalue weighted by atomic mass is 35.5. The lowest BCUT2D eigenvalue weighted by molar-refractivity contribution is 0.365. The van der Waals surface area contributed by atoms with Crippen LogP contribution in [-0.4, -0.2) is 15.3 Å². The fourth-order valence-electron chi connectivity index (χ4n) is 0.906. The van der Waals surface area contributed by atoms with Crippen LogP contribution in [-0.2, 0) is 0 Å². The Bertz CT molecular complexity index is 297. The highest BCUT2D eigenvalue weighted by Crippen LogP contribution is 2.40. The first kappa shape index (κ1) is 9.00. The standard InChI is InChI=1S/C8H9ClO3/c1-4(9)5-2-3-6(10)8(12)7(5)11/h2-4,10-12H,1H3. The zero-order valence-electron chi connectivity index (χ0n) is 6.45. The maximum atomic E-state index is 9.25. The van der Waals surface area contributed by atoms with Gasteiger partial charge in [-0.2, -0.15) is 0 Å². The van der Waals surface area contributed by atoms with Gasteiger partial charge in [-0.3, -0.25) is 0 Å². The SMILES string of the molecule is CC(Cl)c1ccc(O)c(O)c1O. The molecule has 0 spiro atoms. The van der Waals surface area contributed by atoms with Gasteiger partial charge in [-0.25, -0.2) is 0 Å². The smallest absolute Gasteiger partial charge is 0.200 e. The maximum Gasteiger partial charge on any atom is 0.200 e. The molecule has 0 heterocycles. The third-order valence-corrected chi connectivity index (χ3v) is 1.82. The van der Waals surface area contributed by atoms with Gasteiger partial charge >= 0.3 is 0 Å². The van der Waals surface area contributed by atoms with E-state index in [1.165, 1.54) is 12.1 Å². The van der Waals surface area contributed by atoms with Gasteiger partial charge in [0.1, 0.15) is 0 Å². The zero-order valence-corrected chi connectivity index (χ0v) is 7.21. The van der Waals surface area contributed by atoms with E-state index in [2.05, 4.69) is 0 Å². The van der Waals surface area contributed by atoms with E-state index in [-0.39, 0.29) is 11.5 Å². The molecule has 1 rings (SSSR count). The van der Waals surface area contributed by atoms with E-state index in [1.807, 2.05) is 0 Å². The quantitative estimate of drug-likeness (QED) is 0.467. The molecule has 0 saturated carbocycles. The van der Waals surface area contributed by atoms with E-state index in [0.29, 0.717) is 5.56 Å². The van der Waals surface area contributed by atoms with Gasteiger partial charge < -0.3 is 15.3 Å². The van der Waals surface area contributed by atoms with Gasteiger partial charge in [-0.05, 0) is 19.1 Å². The van der Waals surface area contributed by atoms with Crippen LogP contribution in [0, 0.1) is 0 Å². The van der Waals surface area contributed by atoms with E-state index in [9.17, 15) is 5.11 Å². The first-order valence-electron chi connectivity index (χ1n) is 3.42. The zero-order chi connectivity index (χ0) is 9.30. The summed E-state index contributed by atoms with van der Waals surface area (Å²) in [6.07, 6.45) is 0. The second-order valence-corrected chi connectivity index (χ2v) is 3.14. The van der Waals surface area contributed by atoms with Crippen molar-refractivity contribution in [3.8, 4) is 17.2 Å². The summed E-state index contributed by atoms with van der Waals surface area (Å²) in [7, 11) is 0. The van der Waals surface area contributed by atoms with Crippen molar-refractivity contribution in [2.24, 2.45) is 0 Å². The molecule has 66 valence electrons. The molecule has 1 unspecified atom stereocenters. The van der Waals surface area contributed by atoms with E-state index >= 15 is 0 Å². The Morgan fingerprint density at radius 1 is 1.17 bits per heavy atom. The van der Waals surface area contributed by atoms with Crippen molar-refractivity contribution in [1.82, 2.24) is 0 Å². The number of halogens is 1. The van der Waals surface area contributed by atoms with Gasteiger partial charge in [0.15, 0.2) is 11.5 Å². The number of phenolic OH excluding ortho intramolecular Hbond substituents is 3. The third-order valence-electron chi connectivity index (χ3n) is 1.59. The number of benzene rings is 1. The molecular weight excluding hydrogens is 180 g/mol. The summed E-state index contributed by atoms with van der Waals surface area (Å²) >= 11 is 5.68. The number of hydrogen-bond acceptors (Lipinski definition) is 3. The molecule has 12 heavy (non-hydrogen) atoms. The highest BCUT2D eigenvalue weighted by molar-refractivity contribution is 6.20. The molecule has 0 amide bonds. The second-order valence-electron chi connectivity index (χ2n) is 2.49. The molecule has 0 fully saturated rings. The van der Waals surface area contributed by atoms with Crippen LogP contribution in [0.3, 0.4) is 0 Å². The monoisotopic (exact) mass is 188 g/mol. The fourth-order valence-corrected chi connectivity index (χ4v) is 1.08. The Kier molecular flexibility index (Phi) is 2.33. The van der Waals surface area contributed by atoms with Crippen molar-refractivity contribution in [2.45, 2.75) is 12.3 Å². The van der Waals surface area contributed by atoms with Crippen LogP contribution in [0.2, 0.25) is 0 Å². The van der Waals surface area contributed by atoms with Crippen LogP contribution in [0.4, 0.5) is 0 Å². The van der Waals surface area contributed by atoms with Gasteiger partial charge in [0, 0.05) is 5.56 Å². The molecule has 0 aliphatic rings. The summed E-state index contributed by atoms with van der Waals surface area (Å²) in [5, 5.41) is 26.9. The maximum absolute atomic E-state index is 9.25. The second kappa shape index (κ2) is 3.11. The summed E-state index contributed by atoms with van der Waals surface area (Å²) in [6, 6.07) is 2.74. The molecule has 0 aromatic heterocycles. The van der Waals surface area contributed by atoms with Crippen molar-refractivity contribution < 1.29 is 15.3 Å². The van der Waals surface area contributed by atoms with Crippen LogP contribution < -0.4 is 0 Å². The summed E-state index contributed by atoms with van der Waals surface area (Å²) in [4.78, 5) is 0. The number of hydrogen-bond donors (Lipinski definition) is 3. The van der Waals surface area contributed by atoms with Crippen LogP contribution in [0.15, 0.2) is 12.1 Å². The molecule has 4 heteroatoms. The summed E-state index contributed by atoms with van der Waals surface area (Å²) in [6.45, 7) is 1.66. The minimum Gasteiger partial charge on any atom is -0.504 e. The lowest BCUT2D eigenvalue weighted by Crippen LogP contribution is -1.85. The molecule has 1 aromatic rings. The number of phenols is 3. The first-order chi connectivity index (χ1) is 5.54. The van der Waals surface area contributed by atoms with E-state index in [1.54, 1.807) is 6.92 Å². The van der Waals surface area contributed by atoms with Crippen molar-refractivity contribution in [2.75, 3.05) is 0 Å². The Morgan fingerprint density at radius 2 is 1.75 bits per heavy atom. The molecule has 0 bridgehead atoms. The Labute approximate surface area is 74.8 Å². The summed E-state index contributed by atoms with van der Waals surface area (Å²) in [5.41, 5.74) is 0.395. The van der Waals surface area contributed by atoms with E-state index < -0.39 is 11.1 Å². The van der Waals surface area contributed by atoms with Crippen LogP contribution in [0.5, 0.6) is 17.2 Å². The fraction of sp³-hybridized carbons (Fsp3) is 0.250. The minimum absolute atomic E-state index is 0.353. The van der Waals surface area contributed by atoms with Gasteiger partial charge in [0.25, 0.3) is 0 Å². The highest BCUT2D eigenvalue weighted by Gasteiger charge is 2.13. The largest absolute Gasteiger partial charge is 0.504 e. The molecule has 1 aromatic carbocycles. The van der Waals surface area contributed by atoms with Crippen LogP contribution in [0.1, 0.15) is 17.9 Å². The molecule has 1 atom stereocenters. The summed E-state index contributed by atoms with van der Waals surface area (Å²) in [5.74, 6) is -1.24. The van der Waals surface area contributed by atoms with E-state index in [0.717, 1.165) is 0 Å². The third kappa shape index (κ3) is 1.41. The molecule has 0 aliphatic carbocycles. The van der Waals surface area contributed by atoms with Gasteiger partial charge in [0.2, 0.25) is 5.75 Å². The van der Waals surface area contributed by atoms with Crippen molar-refractivity contribution >= 4 is 11.6 Å². The molecule has 0 aliphatic heterocycles. The summed E-state index contributed by atoms with van der Waals surface area (Å²) < 4.78 is 0. The number of rotatable bonds is 1. The van der Waals surface area contributed by atoms with Gasteiger partial charge in [-0.1, -0.05) is 0 Å². The lowest BCUT2D eigenvalue weighted by atomic mass is 10.1. The van der Waals surface area contributed by atoms with Gasteiger partial charge in [-0.15, -0.1) is 11.6 Å². The van der Waals surface area contributed by atoms with Crippen molar-refractivity contribution in [1.29, 1.82) is 0 Å². The lowest BCUT2D eigenvalue weighted by Gasteiger charge is -2.08. The Balaban J connectivity index is 3.27. The van der Waals surface area contributed by atoms with Crippen molar-refractivity contribution in [3.05, 3.63) is 17.7 Å². The van der Waals surface area contributed by atoms with Crippen molar-refractivity contribution in [3.63, 3.8) is 0 Å². The van der Waals surface area contributed by atoms with Crippen LogP contribution in [0.25, 0.3) is 0 Å². The minimum atomic E-state index is -0.528. The Hall–Kier alpha value is -1.09. The average molecular weight is 189 g/mol. The molecule has 0 radical (unpaired) electrons. The average Bonchev–Trinajstić information content (AvgIpc) is 2.00. The molecule has 0 saturated heterocycles. The van der Waals surface area contributed by atoms with Crippen LogP contribution >= 0.6 is 11.6 Å². The Morgan fingerprint density at radius 3 is 2.25 bits per heavy atom. The molecular formula is C8H9ClO3. The number of alkyl halides is 1. The predicted octanol–water partition coefficient (Wildman–Crippen LogP) is 2.10. The normalized spacial score (nSPS) is 12.8. The topological polar surface area (TPSA) is 60.7 Å². The van der Waals surface area contributed by atoms with Gasteiger partial charge in [0.05, 0.1) is 5.38 Å². The molecule has 3 nitrogen and oxygen atoms in total. The number of aromatic hydroxyl groups is 3. The first-order valence-corrected chi connectivity index (χ1v) is 3.85. The van der Waals surface area contributed by atoms with E-state index in [4.69, 9.17) is 21.8 Å².